The summed E-state index contributed by atoms with van der Waals surface area (Å²) in [5.74, 6) is -1.75. The molecule has 12 heteroatoms. The number of benzene rings is 2. The van der Waals surface area contributed by atoms with Gasteiger partial charge >= 0.3 is 6.18 Å². The summed E-state index contributed by atoms with van der Waals surface area (Å²) in [4.78, 5) is 22.0. The van der Waals surface area contributed by atoms with Gasteiger partial charge in [-0.15, -0.1) is 0 Å². The van der Waals surface area contributed by atoms with Crippen molar-refractivity contribution >= 4 is 21.6 Å². The highest BCUT2D eigenvalue weighted by Crippen LogP contribution is 2.28. The topological polar surface area (TPSA) is 116 Å². The minimum absolute atomic E-state index is 0.194. The number of para-hydroxylation sites is 1. The zero-order valence-corrected chi connectivity index (χ0v) is 15.9. The maximum absolute atomic E-state index is 12.6. The van der Waals surface area contributed by atoms with E-state index in [1.807, 2.05) is 0 Å². The molecule has 0 spiro atoms. The van der Waals surface area contributed by atoms with Crippen molar-refractivity contribution in [1.82, 2.24) is 4.72 Å². The third kappa shape index (κ3) is 5.22. The number of nitro groups is 1. The zero-order valence-electron chi connectivity index (χ0n) is 15.1. The molecule has 1 amide bonds. The van der Waals surface area contributed by atoms with Gasteiger partial charge < -0.3 is 4.74 Å². The molecule has 0 aliphatic carbocycles. The molecule has 0 heterocycles. The lowest BCUT2D eigenvalue weighted by molar-refractivity contribution is -0.387. The Morgan fingerprint density at radius 3 is 2.38 bits per heavy atom. The van der Waals surface area contributed by atoms with E-state index in [2.05, 4.69) is 4.74 Å². The monoisotopic (exact) mass is 432 g/mol. The smallest absolute Gasteiger partial charge is 0.422 e. The highest BCUT2D eigenvalue weighted by atomic mass is 32.2. The first kappa shape index (κ1) is 22.1. The van der Waals surface area contributed by atoms with E-state index in [4.69, 9.17) is 0 Å². The molecule has 29 heavy (non-hydrogen) atoms. The van der Waals surface area contributed by atoms with Gasteiger partial charge in [0.2, 0.25) is 0 Å². The van der Waals surface area contributed by atoms with E-state index >= 15 is 0 Å². The number of rotatable bonds is 6. The summed E-state index contributed by atoms with van der Waals surface area (Å²) in [5, 5.41) is 11.1. The van der Waals surface area contributed by atoms with E-state index in [1.54, 1.807) is 11.6 Å². The molecular weight excluding hydrogens is 417 g/mol. The van der Waals surface area contributed by atoms with Crippen molar-refractivity contribution in [2.24, 2.45) is 0 Å². The second-order valence-corrected chi connectivity index (χ2v) is 7.59. The first-order chi connectivity index (χ1) is 13.3. The summed E-state index contributed by atoms with van der Waals surface area (Å²) in [6, 6.07) is 6.86. The van der Waals surface area contributed by atoms with Crippen LogP contribution in [0.1, 0.15) is 21.5 Å². The number of hydrogen-bond donors (Lipinski definition) is 1. The van der Waals surface area contributed by atoms with Gasteiger partial charge in [-0.2, -0.15) is 13.2 Å². The maximum Gasteiger partial charge on any atom is 0.422 e. The van der Waals surface area contributed by atoms with Crippen LogP contribution in [0.5, 0.6) is 5.75 Å². The van der Waals surface area contributed by atoms with Crippen molar-refractivity contribution in [2.45, 2.75) is 24.9 Å². The van der Waals surface area contributed by atoms with E-state index in [0.29, 0.717) is 5.56 Å². The third-order valence-corrected chi connectivity index (χ3v) is 5.27. The Hall–Kier alpha value is -3.15. The summed E-state index contributed by atoms with van der Waals surface area (Å²) in [5.41, 5.74) is -0.490. The van der Waals surface area contributed by atoms with Crippen molar-refractivity contribution in [3.8, 4) is 5.75 Å². The van der Waals surface area contributed by atoms with Crippen molar-refractivity contribution < 1.29 is 36.0 Å². The van der Waals surface area contributed by atoms with Crippen LogP contribution in [-0.4, -0.2) is 32.0 Å². The number of nitrogens with one attached hydrogen (secondary N) is 1. The quantitative estimate of drug-likeness (QED) is 0.553. The van der Waals surface area contributed by atoms with Crippen LogP contribution in [0.3, 0.4) is 0 Å². The number of hydrogen-bond acceptors (Lipinski definition) is 6. The van der Waals surface area contributed by atoms with Crippen molar-refractivity contribution in [3.05, 3.63) is 63.2 Å². The number of ether oxygens (including phenoxy) is 1. The van der Waals surface area contributed by atoms with Crippen LogP contribution < -0.4 is 9.46 Å². The standard InChI is InChI=1S/C17H15F3N2O6S/c1-10-7-8-13(28-9-17(18,19)20)15(11(10)2)16(23)21-29(26,27)14-6-4-3-5-12(14)22(24)25/h3-8H,9H2,1-2H3,(H,21,23). The number of nitrogens with zero attached hydrogens (tertiary/aromatic N) is 1. The van der Waals surface area contributed by atoms with Crippen LogP contribution in [0.25, 0.3) is 0 Å². The first-order valence-electron chi connectivity index (χ1n) is 7.94. The molecule has 0 aliphatic heterocycles. The fraction of sp³-hybridized carbons (Fsp3) is 0.235. The Balaban J connectivity index is 2.45. The van der Waals surface area contributed by atoms with Crippen molar-refractivity contribution in [2.75, 3.05) is 6.61 Å². The van der Waals surface area contributed by atoms with Gasteiger partial charge in [0.15, 0.2) is 11.5 Å². The number of carbonyl (C=O) groups is 1. The lowest BCUT2D eigenvalue weighted by Crippen LogP contribution is -2.32. The fourth-order valence-corrected chi connectivity index (χ4v) is 3.55. The second kappa shape index (κ2) is 8.07. The Morgan fingerprint density at radius 2 is 1.79 bits per heavy atom. The summed E-state index contributed by atoms with van der Waals surface area (Å²) in [7, 11) is -4.69. The number of carbonyl (C=O) groups excluding carboxylic acids is 1. The van der Waals surface area contributed by atoms with Crippen molar-refractivity contribution in [3.63, 3.8) is 0 Å². The molecule has 0 unspecified atom stereocenters. The largest absolute Gasteiger partial charge is 0.483 e. The number of sulfonamides is 1. The molecular formula is C17H15F3N2O6S. The van der Waals surface area contributed by atoms with E-state index in [0.717, 1.165) is 18.2 Å². The molecule has 0 aromatic heterocycles. The predicted octanol–water partition coefficient (Wildman–Crippen LogP) is 3.27. The lowest BCUT2D eigenvalue weighted by Gasteiger charge is -2.16. The molecule has 2 aromatic rings. The molecule has 156 valence electrons. The van der Waals surface area contributed by atoms with Gasteiger partial charge in [0.25, 0.3) is 21.6 Å². The normalized spacial score (nSPS) is 11.8. The SMILES string of the molecule is Cc1ccc(OCC(F)(F)F)c(C(=O)NS(=O)(=O)c2ccccc2[N+](=O)[O-])c1C. The minimum atomic E-state index is -4.69. The van der Waals surface area contributed by atoms with Gasteiger partial charge in [0.1, 0.15) is 5.75 Å². The van der Waals surface area contributed by atoms with E-state index in [1.165, 1.54) is 25.1 Å². The van der Waals surface area contributed by atoms with Crippen LogP contribution in [-0.2, 0) is 10.0 Å². The van der Waals surface area contributed by atoms with Crippen LogP contribution in [0, 0.1) is 24.0 Å². The molecule has 0 radical (unpaired) electrons. The molecule has 1 N–H and O–H groups in total. The molecule has 0 bridgehead atoms. The van der Waals surface area contributed by atoms with Gasteiger partial charge in [-0.05, 0) is 37.1 Å². The fourth-order valence-electron chi connectivity index (χ4n) is 2.42. The van der Waals surface area contributed by atoms with E-state index in [-0.39, 0.29) is 5.56 Å². The number of nitro benzene ring substituents is 1. The van der Waals surface area contributed by atoms with Gasteiger partial charge in [-0.25, -0.2) is 13.1 Å². The van der Waals surface area contributed by atoms with Crippen molar-refractivity contribution in [1.29, 1.82) is 0 Å². The summed E-state index contributed by atoms with van der Waals surface area (Å²) in [6.07, 6.45) is -4.68. The summed E-state index contributed by atoms with van der Waals surface area (Å²) < 4.78 is 68.8. The summed E-state index contributed by atoms with van der Waals surface area (Å²) in [6.45, 7) is 1.28. The molecule has 0 atom stereocenters. The molecule has 0 saturated heterocycles. The first-order valence-corrected chi connectivity index (χ1v) is 9.42. The Bertz CT molecular complexity index is 1070. The Kier molecular flexibility index (Phi) is 6.16. The van der Waals surface area contributed by atoms with Crippen LogP contribution in [0.2, 0.25) is 0 Å². The molecule has 0 fully saturated rings. The van der Waals surface area contributed by atoms with Crippen LogP contribution in [0.15, 0.2) is 41.3 Å². The molecule has 2 aromatic carbocycles. The van der Waals surface area contributed by atoms with Crippen LogP contribution in [0.4, 0.5) is 18.9 Å². The Labute approximate surface area is 163 Å². The van der Waals surface area contributed by atoms with Gasteiger partial charge in [0.05, 0.1) is 10.5 Å². The second-order valence-electron chi connectivity index (χ2n) is 5.94. The number of amides is 1. The molecule has 8 nitrogen and oxygen atoms in total. The number of halogens is 3. The van der Waals surface area contributed by atoms with E-state index in [9.17, 15) is 36.5 Å². The van der Waals surface area contributed by atoms with Crippen LogP contribution >= 0.6 is 0 Å². The van der Waals surface area contributed by atoms with Gasteiger partial charge in [-0.3, -0.25) is 14.9 Å². The molecule has 0 saturated carbocycles. The minimum Gasteiger partial charge on any atom is -0.483 e. The lowest BCUT2D eigenvalue weighted by atomic mass is 10.0. The molecule has 0 aliphatic rings. The molecule has 2 rings (SSSR count). The predicted molar refractivity (Wildman–Crippen MR) is 95.2 cm³/mol. The van der Waals surface area contributed by atoms with Gasteiger partial charge in [-0.1, -0.05) is 18.2 Å². The zero-order chi connectivity index (χ0) is 22.0. The average molecular weight is 432 g/mol. The highest BCUT2D eigenvalue weighted by molar-refractivity contribution is 7.90. The Morgan fingerprint density at radius 1 is 1.17 bits per heavy atom. The maximum atomic E-state index is 12.6. The number of alkyl halides is 3. The average Bonchev–Trinajstić information content (AvgIpc) is 2.61. The summed E-state index contributed by atoms with van der Waals surface area (Å²) >= 11 is 0. The van der Waals surface area contributed by atoms with E-state index < -0.39 is 55.5 Å². The highest BCUT2D eigenvalue weighted by Gasteiger charge is 2.32. The number of aryl methyl sites for hydroxylation is 1. The van der Waals surface area contributed by atoms with Gasteiger partial charge in [0, 0.05) is 6.07 Å². The third-order valence-electron chi connectivity index (χ3n) is 3.89.